The number of carbonyl (C=O) groups excluding carboxylic acids is 1. The Labute approximate surface area is 141 Å². The maximum atomic E-state index is 13.8. The predicted molar refractivity (Wildman–Crippen MR) is 89.6 cm³/mol. The highest BCUT2D eigenvalue weighted by Gasteiger charge is 2.34. The third-order valence-electron chi connectivity index (χ3n) is 3.21. The number of ketones is 1. The molecule has 3 nitrogen and oxygen atoms in total. The highest BCUT2D eigenvalue weighted by Crippen LogP contribution is 2.39. The molecule has 1 saturated heterocycles. The van der Waals surface area contributed by atoms with E-state index in [0.29, 0.717) is 21.9 Å². The number of allylic oxidation sites excluding steroid dienone is 1. The molecule has 0 radical (unpaired) electrons. The van der Waals surface area contributed by atoms with Crippen molar-refractivity contribution in [2.24, 2.45) is 5.92 Å². The van der Waals surface area contributed by atoms with E-state index < -0.39 is 17.7 Å². The van der Waals surface area contributed by atoms with E-state index in [4.69, 9.17) is 28.9 Å². The number of hydrogen-bond acceptors (Lipinski definition) is 4. The topological polar surface area (TPSA) is 54.4 Å². The van der Waals surface area contributed by atoms with Gasteiger partial charge in [-0.05, 0) is 31.1 Å². The zero-order valence-electron chi connectivity index (χ0n) is 11.3. The van der Waals surface area contributed by atoms with Crippen LogP contribution in [0, 0.1) is 11.7 Å². The standard InChI is InChI=1S/C15H12ClFO3S2/c16-10-4-2-5-11(17)9(10)7-12-14(20)8(15(21)22-12)3-1-6-13(18)19/h2,4-5,7-8H,1,3,6H2,(H,18,19)/b12-7-. The molecule has 1 fully saturated rings. The van der Waals surface area contributed by atoms with Crippen LogP contribution in [-0.2, 0) is 9.59 Å². The Kier molecular flexibility index (Phi) is 5.72. The number of thioether (sulfide) groups is 1. The lowest BCUT2D eigenvalue weighted by Crippen LogP contribution is -2.13. The third-order valence-corrected chi connectivity index (χ3v) is 5.10. The number of Topliss-reactive ketones (excluding diaryl/α,β-unsaturated/α-hetero) is 1. The molecule has 1 N–H and O–H groups in total. The number of rotatable bonds is 5. The summed E-state index contributed by atoms with van der Waals surface area (Å²) in [4.78, 5) is 23.2. The van der Waals surface area contributed by atoms with Gasteiger partial charge in [0.25, 0.3) is 0 Å². The van der Waals surface area contributed by atoms with E-state index in [-0.39, 0.29) is 22.8 Å². The molecule has 0 aliphatic carbocycles. The van der Waals surface area contributed by atoms with Crippen LogP contribution in [0.2, 0.25) is 5.02 Å². The van der Waals surface area contributed by atoms with Crippen molar-refractivity contribution < 1.29 is 19.1 Å². The van der Waals surface area contributed by atoms with Crippen molar-refractivity contribution in [1.29, 1.82) is 0 Å². The molecule has 7 heteroatoms. The first-order valence-corrected chi connectivity index (χ1v) is 8.14. The largest absolute Gasteiger partial charge is 0.481 e. The first kappa shape index (κ1) is 17.1. The Hall–Kier alpha value is -1.24. The summed E-state index contributed by atoms with van der Waals surface area (Å²) in [6, 6.07) is 4.30. The lowest BCUT2D eigenvalue weighted by Gasteiger charge is -2.05. The molecular formula is C15H12ClFO3S2. The molecule has 0 bridgehead atoms. The molecule has 2 rings (SSSR count). The monoisotopic (exact) mass is 358 g/mol. The van der Waals surface area contributed by atoms with Crippen molar-refractivity contribution in [3.8, 4) is 0 Å². The van der Waals surface area contributed by atoms with Crippen LogP contribution in [0.3, 0.4) is 0 Å². The lowest BCUT2D eigenvalue weighted by molar-refractivity contribution is -0.137. The van der Waals surface area contributed by atoms with Crippen molar-refractivity contribution in [1.82, 2.24) is 0 Å². The maximum absolute atomic E-state index is 13.8. The Morgan fingerprint density at radius 1 is 1.50 bits per heavy atom. The number of hydrogen-bond donors (Lipinski definition) is 1. The Balaban J connectivity index is 2.17. The van der Waals surface area contributed by atoms with Gasteiger partial charge in [0.15, 0.2) is 5.78 Å². The number of carboxylic acids is 1. The summed E-state index contributed by atoms with van der Waals surface area (Å²) in [5.41, 5.74) is 0.161. The quantitative estimate of drug-likeness (QED) is 0.627. The van der Waals surface area contributed by atoms with Gasteiger partial charge in [-0.2, -0.15) is 0 Å². The second kappa shape index (κ2) is 7.35. The molecule has 1 aromatic rings. The van der Waals surface area contributed by atoms with Crippen LogP contribution in [0.1, 0.15) is 24.8 Å². The van der Waals surface area contributed by atoms with Crippen molar-refractivity contribution >= 4 is 57.6 Å². The number of carboxylic acid groups (broad SMARTS) is 1. The number of thiocarbonyl (C=S) groups is 1. The van der Waals surface area contributed by atoms with Gasteiger partial charge in [0, 0.05) is 12.0 Å². The minimum Gasteiger partial charge on any atom is -0.481 e. The van der Waals surface area contributed by atoms with E-state index >= 15 is 0 Å². The second-order valence-corrected chi connectivity index (χ2v) is 6.96. The Morgan fingerprint density at radius 2 is 2.23 bits per heavy atom. The zero-order chi connectivity index (χ0) is 16.3. The smallest absolute Gasteiger partial charge is 0.303 e. The fourth-order valence-corrected chi connectivity index (χ4v) is 3.81. The van der Waals surface area contributed by atoms with Crippen LogP contribution < -0.4 is 0 Å². The van der Waals surface area contributed by atoms with Crippen molar-refractivity contribution in [2.45, 2.75) is 19.3 Å². The van der Waals surface area contributed by atoms with Crippen LogP contribution >= 0.6 is 35.6 Å². The van der Waals surface area contributed by atoms with Crippen LogP contribution in [0.15, 0.2) is 23.1 Å². The average Bonchev–Trinajstić information content (AvgIpc) is 2.70. The number of aliphatic carboxylic acids is 1. The fraction of sp³-hybridized carbons (Fsp3) is 0.267. The minimum absolute atomic E-state index is 0.00471. The van der Waals surface area contributed by atoms with Gasteiger partial charge < -0.3 is 5.11 Å². The molecule has 1 heterocycles. The summed E-state index contributed by atoms with van der Waals surface area (Å²) < 4.78 is 14.3. The Morgan fingerprint density at radius 3 is 2.86 bits per heavy atom. The van der Waals surface area contributed by atoms with E-state index in [0.717, 1.165) is 11.8 Å². The van der Waals surface area contributed by atoms with Crippen molar-refractivity contribution in [2.75, 3.05) is 0 Å². The van der Waals surface area contributed by atoms with Gasteiger partial charge in [0.1, 0.15) is 5.82 Å². The van der Waals surface area contributed by atoms with Crippen molar-refractivity contribution in [3.05, 3.63) is 39.5 Å². The molecular weight excluding hydrogens is 347 g/mol. The van der Waals surface area contributed by atoms with Gasteiger partial charge in [-0.3, -0.25) is 9.59 Å². The van der Waals surface area contributed by atoms with Gasteiger partial charge in [0.05, 0.1) is 20.0 Å². The van der Waals surface area contributed by atoms with E-state index in [1.165, 1.54) is 18.2 Å². The maximum Gasteiger partial charge on any atom is 0.303 e. The molecule has 0 saturated carbocycles. The van der Waals surface area contributed by atoms with E-state index in [9.17, 15) is 14.0 Å². The van der Waals surface area contributed by atoms with Gasteiger partial charge in [-0.15, -0.1) is 0 Å². The lowest BCUT2D eigenvalue weighted by atomic mass is 9.98. The van der Waals surface area contributed by atoms with E-state index in [2.05, 4.69) is 0 Å². The summed E-state index contributed by atoms with van der Waals surface area (Å²) in [6.45, 7) is 0. The molecule has 116 valence electrons. The van der Waals surface area contributed by atoms with Crippen molar-refractivity contribution in [3.63, 3.8) is 0 Å². The number of halogens is 2. The van der Waals surface area contributed by atoms with Crippen LogP contribution in [-0.4, -0.2) is 21.1 Å². The summed E-state index contributed by atoms with van der Waals surface area (Å²) >= 11 is 12.2. The third kappa shape index (κ3) is 3.94. The first-order valence-electron chi connectivity index (χ1n) is 6.53. The molecule has 1 atom stereocenters. The highest BCUT2D eigenvalue weighted by atomic mass is 35.5. The highest BCUT2D eigenvalue weighted by molar-refractivity contribution is 8.27. The van der Waals surface area contributed by atoms with Crippen LogP contribution in [0.25, 0.3) is 6.08 Å². The average molecular weight is 359 g/mol. The molecule has 0 aromatic heterocycles. The van der Waals surface area contributed by atoms with Crippen LogP contribution in [0.5, 0.6) is 0 Å². The zero-order valence-corrected chi connectivity index (χ0v) is 13.7. The van der Waals surface area contributed by atoms with Gasteiger partial charge >= 0.3 is 5.97 Å². The van der Waals surface area contributed by atoms with E-state index in [1.807, 2.05) is 0 Å². The second-order valence-electron chi connectivity index (χ2n) is 4.77. The first-order chi connectivity index (χ1) is 10.4. The summed E-state index contributed by atoms with van der Waals surface area (Å²) in [5, 5.41) is 8.86. The molecule has 1 aromatic carbocycles. The molecule has 0 spiro atoms. The summed E-state index contributed by atoms with van der Waals surface area (Å²) in [7, 11) is 0. The molecule has 1 aliphatic rings. The number of carbonyl (C=O) groups is 2. The van der Waals surface area contributed by atoms with Gasteiger partial charge in [0.2, 0.25) is 0 Å². The normalized spacial score (nSPS) is 19.9. The van der Waals surface area contributed by atoms with Crippen LogP contribution in [0.4, 0.5) is 4.39 Å². The SMILES string of the molecule is O=C(O)CCCC1C(=O)/C(=C/c2c(F)cccc2Cl)SC1=S. The summed E-state index contributed by atoms with van der Waals surface area (Å²) in [5.74, 6) is -2.09. The Bertz CT molecular complexity index is 653. The molecule has 1 aliphatic heterocycles. The number of benzene rings is 1. The molecule has 1 unspecified atom stereocenters. The molecule has 22 heavy (non-hydrogen) atoms. The molecule has 0 amide bonds. The fourth-order valence-electron chi connectivity index (χ4n) is 2.10. The van der Waals surface area contributed by atoms with Gasteiger partial charge in [-0.25, -0.2) is 4.39 Å². The van der Waals surface area contributed by atoms with Gasteiger partial charge in [-0.1, -0.05) is 41.6 Å². The minimum atomic E-state index is -0.905. The van der Waals surface area contributed by atoms with E-state index in [1.54, 1.807) is 6.07 Å². The predicted octanol–water partition coefficient (Wildman–Crippen LogP) is 4.33. The summed E-state index contributed by atoms with van der Waals surface area (Å²) in [6.07, 6.45) is 2.17.